The molecular weight excluding hydrogens is 420 g/mol. The lowest BCUT2D eigenvalue weighted by Crippen LogP contribution is -2.36. The van der Waals surface area contributed by atoms with Gasteiger partial charge in [-0.15, -0.1) is 11.3 Å². The Morgan fingerprint density at radius 3 is 2.66 bits per heavy atom. The molecule has 7 heteroatoms. The summed E-state index contributed by atoms with van der Waals surface area (Å²) < 4.78 is 2.11. The first-order chi connectivity index (χ1) is 15.4. The van der Waals surface area contributed by atoms with E-state index in [2.05, 4.69) is 25.9 Å². The highest BCUT2D eigenvalue weighted by Gasteiger charge is 2.46. The molecule has 0 spiro atoms. The van der Waals surface area contributed by atoms with Crippen LogP contribution in [0.1, 0.15) is 57.3 Å². The zero-order chi connectivity index (χ0) is 22.4. The van der Waals surface area contributed by atoms with Gasteiger partial charge in [0, 0.05) is 46.5 Å². The van der Waals surface area contributed by atoms with Crippen molar-refractivity contribution in [2.75, 3.05) is 6.54 Å². The zero-order valence-corrected chi connectivity index (χ0v) is 19.1. The molecule has 0 radical (unpaired) electrons. The van der Waals surface area contributed by atoms with Crippen LogP contribution < -0.4 is 0 Å². The third kappa shape index (κ3) is 3.69. The van der Waals surface area contributed by atoms with E-state index >= 15 is 0 Å². The van der Waals surface area contributed by atoms with E-state index in [-0.39, 0.29) is 17.9 Å². The van der Waals surface area contributed by atoms with E-state index < -0.39 is 0 Å². The maximum atomic E-state index is 13.4. The van der Waals surface area contributed by atoms with Crippen molar-refractivity contribution in [2.45, 2.75) is 57.7 Å². The Bertz CT molecular complexity index is 1200. The van der Waals surface area contributed by atoms with E-state index in [9.17, 15) is 9.90 Å². The van der Waals surface area contributed by atoms with Gasteiger partial charge in [-0.3, -0.25) is 9.69 Å². The standard InChI is InChI=1S/C25H26N4O2S/c1-15-22(25(31)13-28-20-7-8-23(28)24(30)11-20)10-21(9-18-14-32-16(2)27-18)29(15)19-5-3-17(12-26)4-6-19/h3-6,10,14,20,23-24,30H,7-9,11,13H2,1-2H3/t20?,23?,24-/m0/s1. The maximum Gasteiger partial charge on any atom is 0.178 e. The van der Waals surface area contributed by atoms with Crippen molar-refractivity contribution in [1.82, 2.24) is 14.5 Å². The molecule has 2 fully saturated rings. The smallest absolute Gasteiger partial charge is 0.178 e. The van der Waals surface area contributed by atoms with Gasteiger partial charge in [0.25, 0.3) is 0 Å². The van der Waals surface area contributed by atoms with Gasteiger partial charge in [0.2, 0.25) is 0 Å². The first kappa shape index (κ1) is 21.1. The first-order valence-corrected chi connectivity index (χ1v) is 11.9. The second kappa shape index (κ2) is 8.28. The Morgan fingerprint density at radius 2 is 2.06 bits per heavy atom. The van der Waals surface area contributed by atoms with E-state index in [1.54, 1.807) is 23.5 Å². The lowest BCUT2D eigenvalue weighted by atomic mass is 9.98. The minimum absolute atomic E-state index is 0.0941. The summed E-state index contributed by atoms with van der Waals surface area (Å²) in [6.45, 7) is 4.32. The third-order valence-electron chi connectivity index (χ3n) is 6.88. The fourth-order valence-electron chi connectivity index (χ4n) is 5.37. The molecule has 4 heterocycles. The SMILES string of the molecule is Cc1nc(Cc2cc(C(=O)CN3C4CCC3[C@@H](O)C4)c(C)n2-c2ccc(C#N)cc2)cs1. The number of aromatic nitrogens is 2. The minimum Gasteiger partial charge on any atom is -0.391 e. The summed E-state index contributed by atoms with van der Waals surface area (Å²) in [6.07, 6.45) is 3.13. The number of benzene rings is 1. The fraction of sp³-hybridized carbons (Fsp3) is 0.400. The van der Waals surface area contributed by atoms with Gasteiger partial charge in [-0.2, -0.15) is 5.26 Å². The maximum absolute atomic E-state index is 13.4. The summed E-state index contributed by atoms with van der Waals surface area (Å²) in [7, 11) is 0. The van der Waals surface area contributed by atoms with Gasteiger partial charge in [0.1, 0.15) is 0 Å². The number of carbonyl (C=O) groups excluding carboxylic acids is 1. The van der Waals surface area contributed by atoms with Crippen LogP contribution in [0.15, 0.2) is 35.7 Å². The van der Waals surface area contributed by atoms with Crippen LogP contribution in [0.2, 0.25) is 0 Å². The summed E-state index contributed by atoms with van der Waals surface area (Å²) in [5.74, 6) is 0.0941. The van der Waals surface area contributed by atoms with Gasteiger partial charge < -0.3 is 9.67 Å². The molecule has 2 saturated heterocycles. The lowest BCUT2D eigenvalue weighted by Gasteiger charge is -2.21. The summed E-state index contributed by atoms with van der Waals surface area (Å²) >= 11 is 1.62. The van der Waals surface area contributed by atoms with Crippen LogP contribution in [-0.4, -0.2) is 50.1 Å². The molecule has 0 amide bonds. The average molecular weight is 447 g/mol. The molecule has 6 nitrogen and oxygen atoms in total. The highest BCUT2D eigenvalue weighted by atomic mass is 32.1. The van der Waals surface area contributed by atoms with Crippen LogP contribution in [0.4, 0.5) is 0 Å². The Labute approximate surface area is 191 Å². The Morgan fingerprint density at radius 1 is 1.28 bits per heavy atom. The van der Waals surface area contributed by atoms with Crippen molar-refractivity contribution < 1.29 is 9.90 Å². The van der Waals surface area contributed by atoms with E-state index in [0.29, 0.717) is 24.6 Å². The number of nitriles is 1. The molecule has 3 aromatic rings. The van der Waals surface area contributed by atoms with Gasteiger partial charge in [0.15, 0.2) is 5.78 Å². The van der Waals surface area contributed by atoms with Crippen LogP contribution in [-0.2, 0) is 6.42 Å². The number of Topliss-reactive ketones (excluding diaryl/α,β-unsaturated/α-hetero) is 1. The monoisotopic (exact) mass is 446 g/mol. The van der Waals surface area contributed by atoms with Crippen molar-refractivity contribution >= 4 is 17.1 Å². The van der Waals surface area contributed by atoms with Crippen molar-refractivity contribution in [3.05, 3.63) is 68.9 Å². The Hall–Kier alpha value is -2.79. The average Bonchev–Trinajstić information content (AvgIpc) is 3.52. The summed E-state index contributed by atoms with van der Waals surface area (Å²) in [5, 5.41) is 22.5. The number of rotatable bonds is 6. The van der Waals surface area contributed by atoms with Crippen molar-refractivity contribution in [3.63, 3.8) is 0 Å². The Balaban J connectivity index is 1.50. The molecule has 2 unspecified atom stereocenters. The van der Waals surface area contributed by atoms with E-state index in [0.717, 1.165) is 52.6 Å². The quantitative estimate of drug-likeness (QED) is 0.583. The van der Waals surface area contributed by atoms with Crippen molar-refractivity contribution in [1.29, 1.82) is 5.26 Å². The molecule has 2 aliphatic heterocycles. The Kier molecular flexibility index (Phi) is 5.46. The lowest BCUT2D eigenvalue weighted by molar-refractivity contribution is 0.0873. The van der Waals surface area contributed by atoms with Gasteiger partial charge in [-0.05, 0) is 63.4 Å². The van der Waals surface area contributed by atoms with Gasteiger partial charge in [-0.25, -0.2) is 4.98 Å². The molecular formula is C25H26N4O2S. The molecule has 2 aromatic heterocycles. The van der Waals surface area contributed by atoms with Crippen LogP contribution in [0.5, 0.6) is 0 Å². The number of fused-ring (bicyclic) bond motifs is 2. The number of nitrogens with zero attached hydrogens (tertiary/aromatic N) is 4. The molecule has 2 bridgehead atoms. The summed E-state index contributed by atoms with van der Waals surface area (Å²) in [6, 6.07) is 12.0. The van der Waals surface area contributed by atoms with Crippen LogP contribution >= 0.6 is 11.3 Å². The largest absolute Gasteiger partial charge is 0.391 e. The predicted molar refractivity (Wildman–Crippen MR) is 123 cm³/mol. The molecule has 32 heavy (non-hydrogen) atoms. The molecule has 1 aromatic carbocycles. The highest BCUT2D eigenvalue weighted by Crippen LogP contribution is 2.38. The van der Waals surface area contributed by atoms with Gasteiger partial charge >= 0.3 is 0 Å². The number of carbonyl (C=O) groups is 1. The van der Waals surface area contributed by atoms with Crippen LogP contribution in [0.25, 0.3) is 5.69 Å². The third-order valence-corrected chi connectivity index (χ3v) is 7.70. The topological polar surface area (TPSA) is 82.2 Å². The molecule has 0 aliphatic carbocycles. The van der Waals surface area contributed by atoms with Crippen molar-refractivity contribution in [3.8, 4) is 11.8 Å². The van der Waals surface area contributed by atoms with E-state index in [4.69, 9.17) is 5.26 Å². The first-order valence-electron chi connectivity index (χ1n) is 11.0. The molecule has 1 N–H and O–H groups in total. The number of aliphatic hydroxyl groups is 1. The van der Waals surface area contributed by atoms with E-state index in [1.807, 2.05) is 32.0 Å². The molecule has 3 atom stereocenters. The number of hydrogen-bond acceptors (Lipinski definition) is 6. The molecule has 0 saturated carbocycles. The van der Waals surface area contributed by atoms with Gasteiger partial charge in [0.05, 0.1) is 35.0 Å². The van der Waals surface area contributed by atoms with E-state index in [1.165, 1.54) is 0 Å². The minimum atomic E-state index is -0.311. The second-order valence-electron chi connectivity index (χ2n) is 8.86. The summed E-state index contributed by atoms with van der Waals surface area (Å²) in [4.78, 5) is 20.2. The number of aliphatic hydroxyl groups excluding tert-OH is 1. The highest BCUT2D eigenvalue weighted by molar-refractivity contribution is 7.09. The van der Waals surface area contributed by atoms with Crippen LogP contribution in [0, 0.1) is 25.2 Å². The zero-order valence-electron chi connectivity index (χ0n) is 18.3. The van der Waals surface area contributed by atoms with Gasteiger partial charge in [-0.1, -0.05) is 0 Å². The molecule has 164 valence electrons. The second-order valence-corrected chi connectivity index (χ2v) is 9.92. The van der Waals surface area contributed by atoms with Crippen molar-refractivity contribution in [2.24, 2.45) is 0 Å². The number of aryl methyl sites for hydroxylation is 1. The molecule has 5 rings (SSSR count). The number of thiazole rings is 1. The normalized spacial score (nSPS) is 22.4. The number of hydrogen-bond donors (Lipinski definition) is 1. The predicted octanol–water partition coefficient (Wildman–Crippen LogP) is 3.79. The number of ketones is 1. The van der Waals surface area contributed by atoms with Crippen LogP contribution in [0.3, 0.4) is 0 Å². The summed E-state index contributed by atoms with van der Waals surface area (Å²) in [5.41, 5.74) is 5.14. The fourth-order valence-corrected chi connectivity index (χ4v) is 5.98. The molecule has 2 aliphatic rings.